The van der Waals surface area contributed by atoms with E-state index in [0.29, 0.717) is 16.4 Å². The lowest BCUT2D eigenvalue weighted by Gasteiger charge is -2.16. The van der Waals surface area contributed by atoms with E-state index in [9.17, 15) is 9.90 Å². The number of nitrogens with zero attached hydrogens (tertiary/aromatic N) is 2. The van der Waals surface area contributed by atoms with Gasteiger partial charge in [-0.25, -0.2) is 4.68 Å². The normalized spacial score (nSPS) is 11.1. The molecule has 3 aromatic rings. The monoisotopic (exact) mass is 353 g/mol. The SMILES string of the molecule is Cc1nn(-c2ccccc2C(C)C)c(-c2ccc(Cl)cc2)c1C(=O)[O-]. The van der Waals surface area contributed by atoms with Crippen molar-refractivity contribution in [3.05, 3.63) is 70.4 Å². The van der Waals surface area contributed by atoms with E-state index < -0.39 is 5.97 Å². The highest BCUT2D eigenvalue weighted by molar-refractivity contribution is 6.30. The molecule has 0 saturated heterocycles. The van der Waals surface area contributed by atoms with Crippen LogP contribution in [-0.2, 0) is 0 Å². The van der Waals surface area contributed by atoms with Gasteiger partial charge in [0.25, 0.3) is 0 Å². The minimum Gasteiger partial charge on any atom is -0.545 e. The van der Waals surface area contributed by atoms with E-state index in [0.717, 1.165) is 16.8 Å². The van der Waals surface area contributed by atoms with Gasteiger partial charge in [-0.05, 0) is 36.6 Å². The van der Waals surface area contributed by atoms with Gasteiger partial charge in [-0.2, -0.15) is 5.10 Å². The summed E-state index contributed by atoms with van der Waals surface area (Å²) >= 11 is 5.98. The summed E-state index contributed by atoms with van der Waals surface area (Å²) < 4.78 is 1.69. The number of carboxylic acids is 1. The van der Waals surface area contributed by atoms with Gasteiger partial charge in [0.15, 0.2) is 0 Å². The first kappa shape index (κ1) is 17.2. The van der Waals surface area contributed by atoms with E-state index in [1.165, 1.54) is 0 Å². The fourth-order valence-corrected chi connectivity index (χ4v) is 3.11. The number of aromatic nitrogens is 2. The Kier molecular flexibility index (Phi) is 4.64. The van der Waals surface area contributed by atoms with Crippen LogP contribution in [0.4, 0.5) is 0 Å². The molecule has 0 N–H and O–H groups in total. The number of aromatic carboxylic acids is 1. The van der Waals surface area contributed by atoms with Crippen molar-refractivity contribution in [3.8, 4) is 16.9 Å². The third-order valence-corrected chi connectivity index (χ3v) is 4.42. The van der Waals surface area contributed by atoms with Gasteiger partial charge >= 0.3 is 0 Å². The molecule has 0 bridgehead atoms. The fourth-order valence-electron chi connectivity index (χ4n) is 2.99. The summed E-state index contributed by atoms with van der Waals surface area (Å²) in [5.41, 5.74) is 3.69. The number of para-hydroxylation sites is 1. The molecule has 5 heteroatoms. The molecule has 0 amide bonds. The van der Waals surface area contributed by atoms with Crippen LogP contribution in [0.1, 0.15) is 41.4 Å². The highest BCUT2D eigenvalue weighted by Gasteiger charge is 2.21. The second-order valence-corrected chi connectivity index (χ2v) is 6.67. The van der Waals surface area contributed by atoms with Crippen LogP contribution in [0, 0.1) is 6.92 Å². The molecule has 25 heavy (non-hydrogen) atoms. The van der Waals surface area contributed by atoms with Crippen LogP contribution in [-0.4, -0.2) is 15.7 Å². The molecule has 2 aromatic carbocycles. The van der Waals surface area contributed by atoms with E-state index >= 15 is 0 Å². The van der Waals surface area contributed by atoms with E-state index in [1.807, 2.05) is 24.3 Å². The molecule has 1 heterocycles. The molecule has 0 saturated carbocycles. The Morgan fingerprint density at radius 1 is 1.12 bits per heavy atom. The molecule has 3 rings (SSSR count). The number of hydrogen-bond acceptors (Lipinski definition) is 3. The first-order valence-corrected chi connectivity index (χ1v) is 8.44. The van der Waals surface area contributed by atoms with Crippen molar-refractivity contribution in [2.45, 2.75) is 26.7 Å². The van der Waals surface area contributed by atoms with E-state index in [2.05, 4.69) is 18.9 Å². The quantitative estimate of drug-likeness (QED) is 0.712. The predicted molar refractivity (Wildman–Crippen MR) is 97.2 cm³/mol. The number of hydrogen-bond donors (Lipinski definition) is 0. The van der Waals surface area contributed by atoms with Gasteiger partial charge < -0.3 is 9.90 Å². The number of carboxylic acid groups (broad SMARTS) is 1. The first-order chi connectivity index (χ1) is 11.9. The van der Waals surface area contributed by atoms with Gasteiger partial charge in [-0.1, -0.05) is 55.8 Å². The number of carbonyl (C=O) groups is 1. The minimum absolute atomic E-state index is 0.0980. The highest BCUT2D eigenvalue weighted by atomic mass is 35.5. The first-order valence-electron chi connectivity index (χ1n) is 8.06. The molecule has 0 fully saturated rings. The Bertz CT molecular complexity index is 927. The van der Waals surface area contributed by atoms with Gasteiger partial charge in [0.2, 0.25) is 0 Å². The van der Waals surface area contributed by atoms with E-state index in [4.69, 9.17) is 11.6 Å². The lowest BCUT2D eigenvalue weighted by atomic mass is 10.0. The van der Waals surface area contributed by atoms with Gasteiger partial charge in [-0.15, -0.1) is 0 Å². The van der Waals surface area contributed by atoms with Crippen molar-refractivity contribution in [1.82, 2.24) is 9.78 Å². The Morgan fingerprint density at radius 3 is 2.36 bits per heavy atom. The second-order valence-electron chi connectivity index (χ2n) is 6.23. The number of carbonyl (C=O) groups excluding carboxylic acids is 1. The zero-order valence-corrected chi connectivity index (χ0v) is 15.0. The standard InChI is InChI=1S/C20H19ClN2O2/c1-12(2)16-6-4-5-7-17(16)23-19(14-8-10-15(21)11-9-14)18(20(24)25)13(3)22-23/h4-12H,1-3H3,(H,24,25)/p-1. The van der Waals surface area contributed by atoms with Crippen LogP contribution in [0.3, 0.4) is 0 Å². The van der Waals surface area contributed by atoms with Crippen molar-refractivity contribution >= 4 is 17.6 Å². The van der Waals surface area contributed by atoms with Crippen LogP contribution in [0.25, 0.3) is 16.9 Å². The van der Waals surface area contributed by atoms with Crippen LogP contribution < -0.4 is 5.11 Å². The lowest BCUT2D eigenvalue weighted by Crippen LogP contribution is -2.23. The molecule has 0 atom stereocenters. The Balaban J connectivity index is 2.34. The topological polar surface area (TPSA) is 58.0 Å². The van der Waals surface area contributed by atoms with Crippen molar-refractivity contribution in [2.24, 2.45) is 0 Å². The van der Waals surface area contributed by atoms with Crippen molar-refractivity contribution in [1.29, 1.82) is 0 Å². The van der Waals surface area contributed by atoms with Crippen LogP contribution in [0.15, 0.2) is 48.5 Å². The summed E-state index contributed by atoms with van der Waals surface area (Å²) in [6, 6.07) is 14.9. The van der Waals surface area contributed by atoms with Crippen molar-refractivity contribution in [2.75, 3.05) is 0 Å². The minimum atomic E-state index is -1.24. The zero-order chi connectivity index (χ0) is 18.1. The predicted octanol–water partition coefficient (Wildman–Crippen LogP) is 3.99. The third-order valence-electron chi connectivity index (χ3n) is 4.17. The van der Waals surface area contributed by atoms with Crippen LogP contribution >= 0.6 is 11.6 Å². The molecule has 0 aliphatic rings. The Labute approximate surface area is 151 Å². The molecule has 0 unspecified atom stereocenters. The van der Waals surface area contributed by atoms with Crippen molar-refractivity contribution in [3.63, 3.8) is 0 Å². The van der Waals surface area contributed by atoms with Crippen molar-refractivity contribution < 1.29 is 9.90 Å². The maximum atomic E-state index is 11.8. The summed E-state index contributed by atoms with van der Waals surface area (Å²) in [7, 11) is 0. The lowest BCUT2D eigenvalue weighted by molar-refractivity contribution is -0.255. The van der Waals surface area contributed by atoms with Crippen LogP contribution in [0.2, 0.25) is 5.02 Å². The largest absolute Gasteiger partial charge is 0.545 e. The van der Waals surface area contributed by atoms with Gasteiger partial charge in [0, 0.05) is 16.1 Å². The average molecular weight is 354 g/mol. The molecule has 0 spiro atoms. The summed E-state index contributed by atoms with van der Waals surface area (Å²) in [6.07, 6.45) is 0. The number of rotatable bonds is 4. The van der Waals surface area contributed by atoms with Gasteiger partial charge in [0.05, 0.1) is 23.0 Å². The molecular formula is C20H18ClN2O2-. The Morgan fingerprint density at radius 2 is 1.76 bits per heavy atom. The molecular weight excluding hydrogens is 336 g/mol. The van der Waals surface area contributed by atoms with E-state index in [1.54, 1.807) is 35.9 Å². The second kappa shape index (κ2) is 6.73. The van der Waals surface area contributed by atoms with Gasteiger partial charge in [-0.3, -0.25) is 0 Å². The molecule has 0 radical (unpaired) electrons. The molecule has 0 aliphatic heterocycles. The van der Waals surface area contributed by atoms with Crippen LogP contribution in [0.5, 0.6) is 0 Å². The van der Waals surface area contributed by atoms with Gasteiger partial charge in [0.1, 0.15) is 0 Å². The summed E-state index contributed by atoms with van der Waals surface area (Å²) in [5, 5.41) is 16.8. The number of benzene rings is 2. The van der Waals surface area contributed by atoms with E-state index in [-0.39, 0.29) is 11.5 Å². The Hall–Kier alpha value is -2.59. The maximum Gasteiger partial charge on any atom is 0.0834 e. The smallest absolute Gasteiger partial charge is 0.0834 e. The fraction of sp³-hybridized carbons (Fsp3) is 0.200. The average Bonchev–Trinajstić information content (AvgIpc) is 2.93. The molecule has 1 aromatic heterocycles. The summed E-state index contributed by atoms with van der Waals surface area (Å²) in [4.78, 5) is 11.8. The molecule has 0 aliphatic carbocycles. The summed E-state index contributed by atoms with van der Waals surface area (Å²) in [5.74, 6) is -0.971. The molecule has 128 valence electrons. The zero-order valence-electron chi connectivity index (χ0n) is 14.3. The highest BCUT2D eigenvalue weighted by Crippen LogP contribution is 2.32. The summed E-state index contributed by atoms with van der Waals surface area (Å²) in [6.45, 7) is 5.87. The third kappa shape index (κ3) is 3.17. The maximum absolute atomic E-state index is 11.8. The number of aryl methyl sites for hydroxylation is 1. The number of halogens is 1. The molecule has 4 nitrogen and oxygen atoms in total.